The van der Waals surface area contributed by atoms with Gasteiger partial charge in [0.15, 0.2) is 0 Å². The normalized spacial score (nSPS) is 18.9. The molecule has 0 aromatic rings. The Hall–Kier alpha value is -7.18. The first kappa shape index (κ1) is 54.2. The molecule has 0 fully saturated rings. The first-order chi connectivity index (χ1) is 31.7. The smallest absolute Gasteiger partial charge is 0.293 e. The minimum atomic E-state index is -0.570. The second-order valence-electron chi connectivity index (χ2n) is 18.4. The summed E-state index contributed by atoms with van der Waals surface area (Å²) in [6, 6.07) is 7.14. The molecule has 67 heavy (non-hydrogen) atoms. The lowest BCUT2D eigenvalue weighted by Crippen LogP contribution is -2.36. The average molecular weight is 924 g/mol. The van der Waals surface area contributed by atoms with Gasteiger partial charge < -0.3 is 30.2 Å². The molecule has 3 rings (SSSR count). The Bertz CT molecular complexity index is 2070. The van der Waals surface area contributed by atoms with E-state index in [-0.39, 0.29) is 129 Å². The van der Waals surface area contributed by atoms with Crippen molar-refractivity contribution in [2.45, 2.75) is 80.1 Å². The van der Waals surface area contributed by atoms with Gasteiger partial charge in [0.25, 0.3) is 28.5 Å². The van der Waals surface area contributed by atoms with Gasteiger partial charge in [-0.3, -0.25) is 35.2 Å². The molecule has 0 aliphatic heterocycles. The van der Waals surface area contributed by atoms with Gasteiger partial charge in [-0.05, 0) is 54.8 Å². The fourth-order valence-corrected chi connectivity index (χ4v) is 8.33. The minimum absolute atomic E-state index is 0.100. The quantitative estimate of drug-likeness (QED) is 0.0340. The highest BCUT2D eigenvalue weighted by molar-refractivity contribution is 5.50. The minimum Gasteiger partial charge on any atom is -0.381 e. The van der Waals surface area contributed by atoms with Crippen LogP contribution >= 0.6 is 0 Å². The van der Waals surface area contributed by atoms with E-state index in [1.807, 2.05) is 46.4 Å². The van der Waals surface area contributed by atoms with Crippen LogP contribution in [-0.2, 0) is 14.2 Å². The maximum atomic E-state index is 12.1. The Morgan fingerprint density at radius 3 is 1.12 bits per heavy atom. The molecule has 3 aliphatic carbocycles. The van der Waals surface area contributed by atoms with Crippen LogP contribution in [0.3, 0.4) is 0 Å². The first-order valence-electron chi connectivity index (χ1n) is 21.5. The van der Waals surface area contributed by atoms with Crippen LogP contribution in [0.2, 0.25) is 0 Å². The molecule has 0 spiro atoms. The van der Waals surface area contributed by atoms with Crippen LogP contribution in [0.5, 0.6) is 0 Å². The highest BCUT2D eigenvalue weighted by Gasteiger charge is 2.41. The molecule has 3 aliphatic rings. The molecule has 0 heterocycles. The number of rotatable bonds is 24. The molecular formula is C45H57N13O9. The molecule has 22 nitrogen and oxygen atoms in total. The van der Waals surface area contributed by atoms with E-state index in [4.69, 9.17) is 27.4 Å². The van der Waals surface area contributed by atoms with Gasteiger partial charge in [-0.1, -0.05) is 41.5 Å². The number of nitrogens with zero attached hydrogens (tertiary/aromatic N) is 10. The lowest BCUT2D eigenvalue weighted by atomic mass is 9.74. The molecular weight excluding hydrogens is 867 g/mol. The van der Waals surface area contributed by atoms with E-state index in [9.17, 15) is 51.4 Å². The summed E-state index contributed by atoms with van der Waals surface area (Å²) in [6.45, 7) is 29.4. The van der Waals surface area contributed by atoms with Crippen LogP contribution < -0.4 is 16.0 Å². The predicted molar refractivity (Wildman–Crippen MR) is 241 cm³/mol. The number of allylic oxidation sites excluding steroid dienone is 9. The van der Waals surface area contributed by atoms with E-state index in [0.29, 0.717) is 56.0 Å². The largest absolute Gasteiger partial charge is 0.381 e. The average Bonchev–Trinajstić information content (AvgIpc) is 3.23. The van der Waals surface area contributed by atoms with E-state index in [0.717, 1.165) is 0 Å². The molecule has 0 saturated carbocycles. The summed E-state index contributed by atoms with van der Waals surface area (Å²) >= 11 is 0. The number of hydrogen-bond donors (Lipinski definition) is 3. The maximum absolute atomic E-state index is 12.1. The molecule has 0 bridgehead atoms. The molecule has 22 heteroatoms. The Morgan fingerprint density at radius 2 is 0.851 bits per heavy atom. The summed E-state index contributed by atoms with van der Waals surface area (Å²) in [4.78, 5) is 43.1. The Morgan fingerprint density at radius 1 is 0.552 bits per heavy atom. The zero-order valence-electron chi connectivity index (χ0n) is 38.9. The lowest BCUT2D eigenvalue weighted by Gasteiger charge is -2.32. The molecule has 0 amide bonds. The summed E-state index contributed by atoms with van der Waals surface area (Å²) < 4.78 is 17.7. The van der Waals surface area contributed by atoms with E-state index in [2.05, 4.69) is 25.6 Å². The van der Waals surface area contributed by atoms with Gasteiger partial charge in [-0.25, -0.2) is 20.2 Å². The SMILES string of the molecule is [C-]#[N+]/C(C#N)=C1/CC(C)(C)CC(NCCOCCN(CCOCCNC2=C([N+](=O)[O-])C(=C(C#N)C#N)CC(C)(C)C2)CCOCCNC2=C([N+](=O)[O-])/C(=C(/C#N)[N+]#[C-])CC(C)(C)C2)=C1[N+](=O)[O-]. The van der Waals surface area contributed by atoms with Crippen molar-refractivity contribution in [3.8, 4) is 24.3 Å². The van der Waals surface area contributed by atoms with Crippen molar-refractivity contribution < 1.29 is 29.0 Å². The zero-order valence-corrected chi connectivity index (χ0v) is 38.9. The number of nitro groups is 3. The standard InChI is InChI=1S/C45H57N13O9/c1-43(2)21-32(31(27-46)28-47)40(56(59)60)35(24-43)52-9-15-65-18-12-55(13-19-66-16-10-53-36-25-44(3,4)22-33(38(29-48)50-7)41(36)57(61)62)14-20-67-17-11-54-37-26-45(5,6)23-34(39(30-49)51-8)42(37)58(63)64/h52-54H,9-26H2,1-6H3/b38-33-,39-34-. The second-order valence-corrected chi connectivity index (χ2v) is 18.4. The third-order valence-electron chi connectivity index (χ3n) is 11.1. The zero-order chi connectivity index (χ0) is 50.0. The summed E-state index contributed by atoms with van der Waals surface area (Å²) in [5.41, 5.74) is -1.74. The highest BCUT2D eigenvalue weighted by Crippen LogP contribution is 2.44. The summed E-state index contributed by atoms with van der Waals surface area (Å²) in [6.07, 6.45) is 1.64. The summed E-state index contributed by atoms with van der Waals surface area (Å²) in [5.74, 6) is 0. The fraction of sp³-hybridized carbons (Fsp3) is 0.600. The van der Waals surface area contributed by atoms with Crippen molar-refractivity contribution in [1.29, 1.82) is 21.0 Å². The van der Waals surface area contributed by atoms with Gasteiger partial charge in [-0.2, -0.15) is 10.5 Å². The van der Waals surface area contributed by atoms with Gasteiger partial charge in [0.2, 0.25) is 0 Å². The van der Waals surface area contributed by atoms with E-state index >= 15 is 0 Å². The molecule has 356 valence electrons. The molecule has 0 aromatic heterocycles. The van der Waals surface area contributed by atoms with Crippen molar-refractivity contribution in [3.63, 3.8) is 0 Å². The van der Waals surface area contributed by atoms with E-state index in [1.54, 1.807) is 24.3 Å². The Balaban J connectivity index is 1.65. The van der Waals surface area contributed by atoms with Gasteiger partial charge in [-0.15, -0.1) is 0 Å². The summed E-state index contributed by atoms with van der Waals surface area (Å²) in [5, 5.41) is 83.5. The summed E-state index contributed by atoms with van der Waals surface area (Å²) in [7, 11) is 0. The third kappa shape index (κ3) is 15.7. The number of hydrogen-bond acceptors (Lipinski definition) is 17. The van der Waals surface area contributed by atoms with Crippen LogP contribution in [0.25, 0.3) is 9.69 Å². The predicted octanol–water partition coefficient (Wildman–Crippen LogP) is 5.77. The molecule has 0 radical (unpaired) electrons. The fourth-order valence-electron chi connectivity index (χ4n) is 8.33. The van der Waals surface area contributed by atoms with Crippen LogP contribution in [0.15, 0.2) is 67.9 Å². The van der Waals surface area contributed by atoms with Gasteiger partial charge in [0.05, 0.1) is 102 Å². The van der Waals surface area contributed by atoms with Gasteiger partial charge >= 0.3 is 0 Å². The number of nitrogens with one attached hydrogen (secondary N) is 3. The van der Waals surface area contributed by atoms with Crippen molar-refractivity contribution in [1.82, 2.24) is 20.9 Å². The number of ether oxygens (including phenoxy) is 3. The highest BCUT2D eigenvalue weighted by atomic mass is 16.6. The van der Waals surface area contributed by atoms with Crippen molar-refractivity contribution in [2.24, 2.45) is 16.2 Å². The number of nitriles is 4. The monoisotopic (exact) mass is 923 g/mol. The maximum Gasteiger partial charge on any atom is 0.293 e. The van der Waals surface area contributed by atoms with Crippen molar-refractivity contribution in [2.75, 3.05) is 78.9 Å². The van der Waals surface area contributed by atoms with Crippen LogP contribution in [-0.4, -0.2) is 98.6 Å². The van der Waals surface area contributed by atoms with E-state index < -0.39 is 31.0 Å². The van der Waals surface area contributed by atoms with Gasteiger partial charge in [0, 0.05) is 50.4 Å². The second kappa shape index (κ2) is 24.9. The van der Waals surface area contributed by atoms with Gasteiger partial charge in [0.1, 0.15) is 17.7 Å². The molecule has 0 saturated heterocycles. The molecule has 0 unspecified atom stereocenters. The van der Waals surface area contributed by atoms with E-state index in [1.165, 1.54) is 0 Å². The van der Waals surface area contributed by atoms with Crippen LogP contribution in [0, 0.1) is 105 Å². The Labute approximate surface area is 390 Å². The van der Waals surface area contributed by atoms with Crippen LogP contribution in [0.4, 0.5) is 0 Å². The van der Waals surface area contributed by atoms with Crippen LogP contribution in [0.1, 0.15) is 80.1 Å². The topological polar surface area (TPSA) is 300 Å². The Kier molecular flexibility index (Phi) is 20.1. The first-order valence-corrected chi connectivity index (χ1v) is 21.5. The molecule has 0 aromatic carbocycles. The van der Waals surface area contributed by atoms with Crippen molar-refractivity contribution >= 4 is 0 Å². The molecule has 0 atom stereocenters. The third-order valence-corrected chi connectivity index (χ3v) is 11.1. The lowest BCUT2D eigenvalue weighted by molar-refractivity contribution is -0.423. The molecule has 3 N–H and O–H groups in total. The van der Waals surface area contributed by atoms with Crippen molar-refractivity contribution in [3.05, 3.63) is 121 Å².